The van der Waals surface area contributed by atoms with Gasteiger partial charge < -0.3 is 14.8 Å². The standard InChI is InChI=1S/C23H18FN5S/c24-16-8-1-2-10-18(16)29-22(21(27-23(29)30)17-9-3-5-13-25-17)19-11-7-15-28(19)20-12-4-6-14-26-20/h1-15,21-22H,(H,27,30)/t21-,22-/m0/s1. The molecule has 0 amide bonds. The first kappa shape index (κ1) is 18.4. The summed E-state index contributed by atoms with van der Waals surface area (Å²) in [5.74, 6) is 0.452. The zero-order valence-corrected chi connectivity index (χ0v) is 16.7. The molecule has 3 aromatic heterocycles. The monoisotopic (exact) mass is 415 g/mol. The molecule has 0 saturated carbocycles. The Labute approximate surface area is 178 Å². The SMILES string of the molecule is Fc1ccccc1N1C(=S)N[C@@H](c2ccccn2)[C@@H]1c1cccn1-c1ccccn1. The number of rotatable bonds is 4. The highest BCUT2D eigenvalue weighted by atomic mass is 32.1. The van der Waals surface area contributed by atoms with Crippen LogP contribution >= 0.6 is 12.2 Å². The molecule has 1 N–H and O–H groups in total. The molecule has 148 valence electrons. The topological polar surface area (TPSA) is 46.0 Å². The lowest BCUT2D eigenvalue weighted by atomic mass is 10.0. The van der Waals surface area contributed by atoms with Crippen LogP contribution in [0.25, 0.3) is 5.82 Å². The molecule has 2 atom stereocenters. The van der Waals surface area contributed by atoms with Crippen LogP contribution in [0.1, 0.15) is 23.5 Å². The van der Waals surface area contributed by atoms with Crippen molar-refractivity contribution in [2.45, 2.75) is 12.1 Å². The van der Waals surface area contributed by atoms with E-state index in [0.717, 1.165) is 17.2 Å². The van der Waals surface area contributed by atoms with E-state index < -0.39 is 0 Å². The van der Waals surface area contributed by atoms with Crippen LogP contribution in [0, 0.1) is 5.82 Å². The van der Waals surface area contributed by atoms with Crippen molar-refractivity contribution < 1.29 is 4.39 Å². The molecule has 1 aliphatic heterocycles. The summed E-state index contributed by atoms with van der Waals surface area (Å²) in [5, 5.41) is 3.81. The lowest BCUT2D eigenvalue weighted by Crippen LogP contribution is -2.31. The number of benzene rings is 1. The molecule has 1 aliphatic rings. The maximum Gasteiger partial charge on any atom is 0.174 e. The number of anilines is 1. The van der Waals surface area contributed by atoms with Crippen LogP contribution in [0.2, 0.25) is 0 Å². The van der Waals surface area contributed by atoms with Gasteiger partial charge in [0.1, 0.15) is 17.7 Å². The molecule has 0 spiro atoms. The third-order valence-corrected chi connectivity index (χ3v) is 5.50. The molecule has 1 fully saturated rings. The van der Waals surface area contributed by atoms with Crippen LogP contribution < -0.4 is 10.2 Å². The van der Waals surface area contributed by atoms with Crippen molar-refractivity contribution in [2.75, 3.05) is 4.90 Å². The predicted octanol–water partition coefficient (Wildman–Crippen LogP) is 4.58. The first-order valence-corrected chi connectivity index (χ1v) is 9.99. The molecule has 30 heavy (non-hydrogen) atoms. The third kappa shape index (κ3) is 3.13. The average Bonchev–Trinajstić information content (AvgIpc) is 3.40. The smallest absolute Gasteiger partial charge is 0.174 e. The fourth-order valence-electron chi connectivity index (χ4n) is 3.90. The Morgan fingerprint density at radius 1 is 0.867 bits per heavy atom. The van der Waals surface area contributed by atoms with Gasteiger partial charge in [0.05, 0.1) is 17.4 Å². The minimum absolute atomic E-state index is 0.254. The third-order valence-electron chi connectivity index (χ3n) is 5.19. The zero-order chi connectivity index (χ0) is 20.5. The van der Waals surface area contributed by atoms with Crippen LogP contribution in [-0.2, 0) is 0 Å². The van der Waals surface area contributed by atoms with Gasteiger partial charge in [-0.1, -0.05) is 24.3 Å². The van der Waals surface area contributed by atoms with Crippen LogP contribution in [0.5, 0.6) is 0 Å². The Morgan fingerprint density at radius 2 is 1.63 bits per heavy atom. The maximum absolute atomic E-state index is 14.8. The quantitative estimate of drug-likeness (QED) is 0.494. The first-order valence-electron chi connectivity index (χ1n) is 9.58. The van der Waals surface area contributed by atoms with E-state index in [1.54, 1.807) is 24.5 Å². The predicted molar refractivity (Wildman–Crippen MR) is 118 cm³/mol. The highest BCUT2D eigenvalue weighted by Gasteiger charge is 2.43. The average molecular weight is 415 g/mol. The Kier molecular flexibility index (Phi) is 4.72. The molecule has 0 unspecified atom stereocenters. The number of halogens is 1. The normalized spacial score (nSPS) is 18.4. The second kappa shape index (κ2) is 7.68. The molecule has 0 bridgehead atoms. The van der Waals surface area contributed by atoms with Crippen molar-refractivity contribution in [3.8, 4) is 5.82 Å². The minimum Gasteiger partial charge on any atom is -0.351 e. The number of pyridine rings is 2. The molecule has 5 rings (SSSR count). The molecule has 4 heterocycles. The molecule has 0 aliphatic carbocycles. The van der Waals surface area contributed by atoms with Gasteiger partial charge in [0.15, 0.2) is 5.11 Å². The summed E-state index contributed by atoms with van der Waals surface area (Å²) in [6.07, 6.45) is 5.45. The van der Waals surface area contributed by atoms with Gasteiger partial charge in [0.25, 0.3) is 0 Å². The highest BCUT2D eigenvalue weighted by molar-refractivity contribution is 7.80. The van der Waals surface area contributed by atoms with Crippen molar-refractivity contribution in [2.24, 2.45) is 0 Å². The Hall–Kier alpha value is -3.58. The number of nitrogens with one attached hydrogen (secondary N) is 1. The van der Waals surface area contributed by atoms with E-state index in [1.165, 1.54) is 6.07 Å². The number of para-hydroxylation sites is 1. The van der Waals surface area contributed by atoms with Crippen LogP contribution in [0.15, 0.2) is 91.4 Å². The lowest BCUT2D eigenvalue weighted by Gasteiger charge is -2.29. The number of hydrogen-bond donors (Lipinski definition) is 1. The van der Waals surface area contributed by atoms with Crippen molar-refractivity contribution >= 4 is 23.0 Å². The van der Waals surface area contributed by atoms with Crippen LogP contribution in [-0.4, -0.2) is 19.6 Å². The molecule has 5 nitrogen and oxygen atoms in total. The molecule has 7 heteroatoms. The van der Waals surface area contributed by atoms with E-state index in [1.807, 2.05) is 70.3 Å². The minimum atomic E-state index is -0.329. The molecule has 1 aromatic carbocycles. The summed E-state index contributed by atoms with van der Waals surface area (Å²) in [7, 11) is 0. The molecule has 4 aromatic rings. The van der Waals surface area contributed by atoms with E-state index in [4.69, 9.17) is 12.2 Å². The summed E-state index contributed by atoms with van der Waals surface area (Å²) in [6.45, 7) is 0. The fraction of sp³-hybridized carbons (Fsp3) is 0.0870. The summed E-state index contributed by atoms with van der Waals surface area (Å²) in [6, 6.07) is 21.6. The summed E-state index contributed by atoms with van der Waals surface area (Å²) in [5.41, 5.74) is 2.18. The van der Waals surface area contributed by atoms with E-state index >= 15 is 0 Å². The lowest BCUT2D eigenvalue weighted by molar-refractivity contribution is 0.541. The maximum atomic E-state index is 14.8. The number of nitrogens with zero attached hydrogens (tertiary/aromatic N) is 4. The Bertz CT molecular complexity index is 1180. The van der Waals surface area contributed by atoms with Crippen molar-refractivity contribution in [3.05, 3.63) is 109 Å². The van der Waals surface area contributed by atoms with Gasteiger partial charge in [-0.2, -0.15) is 0 Å². The van der Waals surface area contributed by atoms with Crippen LogP contribution in [0.4, 0.5) is 10.1 Å². The summed E-state index contributed by atoms with van der Waals surface area (Å²) < 4.78 is 16.8. The number of aromatic nitrogens is 3. The molecule has 1 saturated heterocycles. The van der Waals surface area contributed by atoms with Gasteiger partial charge in [-0.3, -0.25) is 4.98 Å². The van der Waals surface area contributed by atoms with Gasteiger partial charge in [-0.05, 0) is 60.7 Å². The first-order chi connectivity index (χ1) is 14.7. The molecular weight excluding hydrogens is 397 g/mol. The van der Waals surface area contributed by atoms with Gasteiger partial charge in [0.2, 0.25) is 0 Å². The summed E-state index contributed by atoms with van der Waals surface area (Å²) in [4.78, 5) is 10.9. The molecular formula is C23H18FN5S. The van der Waals surface area contributed by atoms with Gasteiger partial charge in [-0.25, -0.2) is 9.37 Å². The molecule has 0 radical (unpaired) electrons. The van der Waals surface area contributed by atoms with E-state index in [9.17, 15) is 4.39 Å². The highest BCUT2D eigenvalue weighted by Crippen LogP contribution is 2.42. The largest absolute Gasteiger partial charge is 0.351 e. The van der Waals surface area contributed by atoms with Gasteiger partial charge in [0, 0.05) is 24.3 Å². The Morgan fingerprint density at radius 3 is 2.37 bits per heavy atom. The zero-order valence-electron chi connectivity index (χ0n) is 15.9. The Balaban J connectivity index is 1.69. The van der Waals surface area contributed by atoms with Crippen molar-refractivity contribution in [1.82, 2.24) is 19.9 Å². The van der Waals surface area contributed by atoms with Crippen LogP contribution in [0.3, 0.4) is 0 Å². The van der Waals surface area contributed by atoms with E-state index in [0.29, 0.717) is 10.8 Å². The second-order valence-corrected chi connectivity index (χ2v) is 7.33. The number of hydrogen-bond acceptors (Lipinski definition) is 3. The summed E-state index contributed by atoms with van der Waals surface area (Å²) >= 11 is 5.67. The second-order valence-electron chi connectivity index (χ2n) is 6.94. The van der Waals surface area contributed by atoms with Crippen molar-refractivity contribution in [1.29, 1.82) is 0 Å². The van der Waals surface area contributed by atoms with E-state index in [-0.39, 0.29) is 17.9 Å². The fourth-order valence-corrected chi connectivity index (χ4v) is 4.24. The van der Waals surface area contributed by atoms with Crippen molar-refractivity contribution in [3.63, 3.8) is 0 Å². The van der Waals surface area contributed by atoms with Gasteiger partial charge >= 0.3 is 0 Å². The number of thiocarbonyl (C=S) groups is 1. The van der Waals surface area contributed by atoms with Gasteiger partial charge in [-0.15, -0.1) is 0 Å². The van der Waals surface area contributed by atoms with E-state index in [2.05, 4.69) is 15.3 Å².